The first-order chi connectivity index (χ1) is 8.52. The van der Waals surface area contributed by atoms with Gasteiger partial charge in [-0.1, -0.05) is 46.4 Å². The fourth-order valence-electron chi connectivity index (χ4n) is 1.66. The van der Waals surface area contributed by atoms with Crippen LogP contribution in [0.25, 0.3) is 11.1 Å². The summed E-state index contributed by atoms with van der Waals surface area (Å²) in [5.41, 5.74) is 2.36. The van der Waals surface area contributed by atoms with Crippen molar-refractivity contribution in [3.05, 3.63) is 56.0 Å². The Kier molecular flexibility index (Phi) is 4.69. The van der Waals surface area contributed by atoms with E-state index in [1.54, 1.807) is 24.3 Å². The van der Waals surface area contributed by atoms with Crippen molar-refractivity contribution < 1.29 is 0 Å². The van der Waals surface area contributed by atoms with Gasteiger partial charge in [0, 0.05) is 21.5 Å². The van der Waals surface area contributed by atoms with Crippen molar-refractivity contribution in [1.82, 2.24) is 0 Å². The van der Waals surface area contributed by atoms with Crippen molar-refractivity contribution in [3.8, 4) is 11.1 Å². The number of hydrogen-bond donors (Lipinski definition) is 0. The van der Waals surface area contributed by atoms with Gasteiger partial charge in [0.25, 0.3) is 0 Å². The Labute approximate surface area is 130 Å². The highest BCUT2D eigenvalue weighted by atomic mass is 35.5. The van der Waals surface area contributed by atoms with Gasteiger partial charge in [0.2, 0.25) is 0 Å². The lowest BCUT2D eigenvalue weighted by Crippen LogP contribution is -1.86. The van der Waals surface area contributed by atoms with E-state index in [0.717, 1.165) is 11.1 Å². The van der Waals surface area contributed by atoms with Gasteiger partial charge in [0.05, 0.1) is 10.0 Å². The lowest BCUT2D eigenvalue weighted by Gasteiger charge is -2.10. The SMILES string of the molecule is ClCc1cc(Cl)cc(-c2c(Cl)ccc(Cl)c2Cl)c1. The van der Waals surface area contributed by atoms with Gasteiger partial charge in [-0.05, 0) is 41.5 Å². The van der Waals surface area contributed by atoms with Gasteiger partial charge in [0.1, 0.15) is 0 Å². The molecule has 0 nitrogen and oxygen atoms in total. The molecule has 0 aromatic heterocycles. The van der Waals surface area contributed by atoms with Crippen molar-refractivity contribution in [1.29, 1.82) is 0 Å². The van der Waals surface area contributed by atoms with Crippen LogP contribution in [0, 0.1) is 0 Å². The minimum absolute atomic E-state index is 0.364. The normalized spacial score (nSPS) is 10.7. The van der Waals surface area contributed by atoms with E-state index >= 15 is 0 Å². The van der Waals surface area contributed by atoms with E-state index < -0.39 is 0 Å². The van der Waals surface area contributed by atoms with Crippen molar-refractivity contribution in [2.75, 3.05) is 0 Å². The molecular weight excluding hydrogens is 333 g/mol. The Morgan fingerprint density at radius 2 is 1.50 bits per heavy atom. The molecule has 0 unspecified atom stereocenters. The maximum absolute atomic E-state index is 6.19. The molecule has 0 amide bonds. The molecule has 0 bridgehead atoms. The number of benzene rings is 2. The van der Waals surface area contributed by atoms with E-state index in [1.165, 1.54) is 0 Å². The minimum atomic E-state index is 0.364. The summed E-state index contributed by atoms with van der Waals surface area (Å²) in [4.78, 5) is 0. The summed E-state index contributed by atoms with van der Waals surface area (Å²) >= 11 is 30.2. The van der Waals surface area contributed by atoms with Crippen LogP contribution >= 0.6 is 58.0 Å². The molecule has 0 spiro atoms. The molecule has 0 saturated carbocycles. The summed E-state index contributed by atoms with van der Waals surface area (Å²) < 4.78 is 0. The van der Waals surface area contributed by atoms with Gasteiger partial charge < -0.3 is 0 Å². The lowest BCUT2D eigenvalue weighted by atomic mass is 10.0. The van der Waals surface area contributed by atoms with Crippen LogP contribution in [0.2, 0.25) is 20.1 Å². The van der Waals surface area contributed by atoms with Gasteiger partial charge in [-0.3, -0.25) is 0 Å². The number of rotatable bonds is 2. The molecule has 5 heteroatoms. The molecule has 2 aromatic carbocycles. The van der Waals surface area contributed by atoms with Gasteiger partial charge >= 0.3 is 0 Å². The second-order valence-corrected chi connectivity index (χ2v) is 5.60. The third kappa shape index (κ3) is 2.89. The summed E-state index contributed by atoms with van der Waals surface area (Å²) in [6, 6.07) is 8.82. The smallest absolute Gasteiger partial charge is 0.0685 e. The van der Waals surface area contributed by atoms with Crippen molar-refractivity contribution >= 4 is 58.0 Å². The molecule has 2 aromatic rings. The average Bonchev–Trinajstić information content (AvgIpc) is 2.34. The molecule has 0 aliphatic carbocycles. The zero-order valence-electron chi connectivity index (χ0n) is 8.98. The van der Waals surface area contributed by atoms with E-state index in [1.807, 2.05) is 6.07 Å². The van der Waals surface area contributed by atoms with Gasteiger partial charge in [-0.25, -0.2) is 0 Å². The Balaban J connectivity index is 2.69. The Morgan fingerprint density at radius 1 is 0.833 bits per heavy atom. The summed E-state index contributed by atoms with van der Waals surface area (Å²) in [6.45, 7) is 0. The van der Waals surface area contributed by atoms with E-state index in [9.17, 15) is 0 Å². The Hall–Kier alpha value is -0.110. The second kappa shape index (κ2) is 5.90. The molecule has 94 valence electrons. The van der Waals surface area contributed by atoms with Crippen molar-refractivity contribution in [2.24, 2.45) is 0 Å². The quantitative estimate of drug-likeness (QED) is 0.421. The van der Waals surface area contributed by atoms with Gasteiger partial charge in [0.15, 0.2) is 0 Å². The monoisotopic (exact) mass is 338 g/mol. The summed E-state index contributed by atoms with van der Waals surface area (Å²) in [5, 5.41) is 1.96. The molecule has 18 heavy (non-hydrogen) atoms. The first-order valence-corrected chi connectivity index (χ1v) is 7.07. The van der Waals surface area contributed by atoms with E-state index in [2.05, 4.69) is 0 Å². The largest absolute Gasteiger partial charge is 0.122 e. The third-order valence-corrected chi connectivity index (χ3v) is 4.09. The molecule has 0 N–H and O–H groups in total. The number of halogens is 5. The predicted octanol–water partition coefficient (Wildman–Crippen LogP) is 6.71. The zero-order chi connectivity index (χ0) is 13.3. The van der Waals surface area contributed by atoms with E-state index in [-0.39, 0.29) is 0 Å². The first kappa shape index (κ1) is 14.3. The van der Waals surface area contributed by atoms with Crippen molar-refractivity contribution in [3.63, 3.8) is 0 Å². The van der Waals surface area contributed by atoms with Crippen LogP contribution in [-0.4, -0.2) is 0 Å². The lowest BCUT2D eigenvalue weighted by molar-refractivity contribution is 1.40. The standard InChI is InChI=1S/C13H7Cl5/c14-6-7-3-8(5-9(15)4-7)12-10(16)1-2-11(17)13(12)18/h1-5H,6H2. The molecule has 0 atom stereocenters. The maximum atomic E-state index is 6.19. The maximum Gasteiger partial charge on any atom is 0.0685 e. The van der Waals surface area contributed by atoms with Crippen LogP contribution in [0.4, 0.5) is 0 Å². The predicted molar refractivity (Wildman–Crippen MR) is 81.5 cm³/mol. The van der Waals surface area contributed by atoms with Crippen LogP contribution in [0.1, 0.15) is 5.56 Å². The average molecular weight is 340 g/mol. The van der Waals surface area contributed by atoms with E-state index in [4.69, 9.17) is 58.0 Å². The zero-order valence-corrected chi connectivity index (χ0v) is 12.8. The molecule has 0 heterocycles. The number of hydrogen-bond acceptors (Lipinski definition) is 0. The van der Waals surface area contributed by atoms with Crippen LogP contribution in [0.15, 0.2) is 30.3 Å². The Morgan fingerprint density at radius 3 is 2.17 bits per heavy atom. The fraction of sp³-hybridized carbons (Fsp3) is 0.0769. The highest BCUT2D eigenvalue weighted by Crippen LogP contribution is 2.40. The van der Waals surface area contributed by atoms with E-state index in [0.29, 0.717) is 31.5 Å². The highest BCUT2D eigenvalue weighted by molar-refractivity contribution is 6.46. The molecular formula is C13H7Cl5. The first-order valence-electron chi connectivity index (χ1n) is 5.02. The van der Waals surface area contributed by atoms with Crippen LogP contribution < -0.4 is 0 Å². The van der Waals surface area contributed by atoms with Crippen LogP contribution in [0.5, 0.6) is 0 Å². The molecule has 0 aliphatic rings. The molecule has 0 saturated heterocycles. The number of alkyl halides is 1. The van der Waals surface area contributed by atoms with Crippen molar-refractivity contribution in [2.45, 2.75) is 5.88 Å². The highest BCUT2D eigenvalue weighted by Gasteiger charge is 2.13. The summed E-state index contributed by atoms with van der Waals surface area (Å²) in [5.74, 6) is 0.364. The van der Waals surface area contributed by atoms with Gasteiger partial charge in [-0.2, -0.15) is 0 Å². The summed E-state index contributed by atoms with van der Waals surface area (Å²) in [7, 11) is 0. The fourth-order valence-corrected chi connectivity index (χ4v) is 2.82. The molecule has 0 fully saturated rings. The Bertz CT molecular complexity index is 592. The summed E-state index contributed by atoms with van der Waals surface area (Å²) in [6.07, 6.45) is 0. The molecule has 2 rings (SSSR count). The topological polar surface area (TPSA) is 0 Å². The van der Waals surface area contributed by atoms with Crippen LogP contribution in [0.3, 0.4) is 0 Å². The van der Waals surface area contributed by atoms with Crippen LogP contribution in [-0.2, 0) is 5.88 Å². The second-order valence-electron chi connectivity index (χ2n) is 3.70. The van der Waals surface area contributed by atoms with Gasteiger partial charge in [-0.15, -0.1) is 11.6 Å². The third-order valence-electron chi connectivity index (χ3n) is 2.44. The molecule has 0 radical (unpaired) electrons. The molecule has 0 aliphatic heterocycles. The minimum Gasteiger partial charge on any atom is -0.122 e.